The van der Waals surface area contributed by atoms with Gasteiger partial charge in [0.1, 0.15) is 5.69 Å². The number of pyridine rings is 1. The van der Waals surface area contributed by atoms with Crippen molar-refractivity contribution in [2.24, 2.45) is 7.05 Å². The highest BCUT2D eigenvalue weighted by Crippen LogP contribution is 2.22. The standard InChI is InChI=1S/C19H20N4O6/c1-12-14(4-3-5-16(12)23(27)28)17(24)20-15-10-13(11-21(2)19(15)26)18(25)22-6-8-29-9-7-22/h3-5,10-11H,6-9H2,1-2H3,(H,20,24). The lowest BCUT2D eigenvalue weighted by Gasteiger charge is -2.27. The fourth-order valence-corrected chi connectivity index (χ4v) is 3.12. The molecular weight excluding hydrogens is 380 g/mol. The third-order valence-electron chi connectivity index (χ3n) is 4.72. The number of aryl methyl sites for hydroxylation is 1. The lowest BCUT2D eigenvalue weighted by atomic mass is 10.1. The third kappa shape index (κ3) is 4.16. The normalized spacial score (nSPS) is 13.8. The van der Waals surface area contributed by atoms with E-state index in [0.717, 1.165) is 0 Å². The first-order chi connectivity index (χ1) is 13.8. The van der Waals surface area contributed by atoms with E-state index in [2.05, 4.69) is 5.32 Å². The minimum absolute atomic E-state index is 0.0751. The van der Waals surface area contributed by atoms with Crippen LogP contribution in [0.1, 0.15) is 26.3 Å². The van der Waals surface area contributed by atoms with Crippen LogP contribution in [0.15, 0.2) is 35.3 Å². The Morgan fingerprint density at radius 1 is 1.24 bits per heavy atom. The molecule has 1 aromatic carbocycles. The number of nitro benzene ring substituents is 1. The first-order valence-corrected chi connectivity index (χ1v) is 8.92. The van der Waals surface area contributed by atoms with Crippen LogP contribution < -0.4 is 10.9 Å². The quantitative estimate of drug-likeness (QED) is 0.610. The first kappa shape index (κ1) is 20.2. The van der Waals surface area contributed by atoms with Gasteiger partial charge in [-0.3, -0.25) is 24.5 Å². The first-order valence-electron chi connectivity index (χ1n) is 8.92. The van der Waals surface area contributed by atoms with Gasteiger partial charge in [0.25, 0.3) is 23.1 Å². The molecule has 29 heavy (non-hydrogen) atoms. The summed E-state index contributed by atoms with van der Waals surface area (Å²) in [6.45, 7) is 3.22. The molecule has 2 heterocycles. The second-order valence-electron chi connectivity index (χ2n) is 6.62. The molecule has 0 aliphatic carbocycles. The molecule has 1 saturated heterocycles. The van der Waals surface area contributed by atoms with Crippen molar-refractivity contribution in [2.45, 2.75) is 6.92 Å². The third-order valence-corrected chi connectivity index (χ3v) is 4.72. The molecule has 1 aliphatic rings. The molecule has 1 aliphatic heterocycles. The predicted octanol–water partition coefficient (Wildman–Crippen LogP) is 1.33. The zero-order valence-corrected chi connectivity index (χ0v) is 16.0. The molecule has 1 aromatic heterocycles. The number of benzene rings is 1. The predicted molar refractivity (Wildman–Crippen MR) is 104 cm³/mol. The summed E-state index contributed by atoms with van der Waals surface area (Å²) in [5, 5.41) is 13.6. The molecule has 10 heteroatoms. The van der Waals surface area contributed by atoms with Crippen molar-refractivity contribution < 1.29 is 19.2 Å². The summed E-state index contributed by atoms with van der Waals surface area (Å²) in [6, 6.07) is 5.46. The summed E-state index contributed by atoms with van der Waals surface area (Å²) < 4.78 is 6.45. The van der Waals surface area contributed by atoms with Crippen LogP contribution in [0.25, 0.3) is 0 Å². The number of nitro groups is 1. The average molecular weight is 400 g/mol. The Kier molecular flexibility index (Phi) is 5.74. The molecule has 0 unspecified atom stereocenters. The van der Waals surface area contributed by atoms with Crippen molar-refractivity contribution in [1.82, 2.24) is 9.47 Å². The maximum Gasteiger partial charge on any atom is 0.274 e. The van der Waals surface area contributed by atoms with Gasteiger partial charge < -0.3 is 19.5 Å². The summed E-state index contributed by atoms with van der Waals surface area (Å²) >= 11 is 0. The number of morpholine rings is 1. The number of rotatable bonds is 4. The van der Waals surface area contributed by atoms with E-state index in [4.69, 9.17) is 4.74 Å². The van der Waals surface area contributed by atoms with Crippen molar-refractivity contribution in [3.63, 3.8) is 0 Å². The number of ether oxygens (including phenoxy) is 1. The van der Waals surface area contributed by atoms with E-state index >= 15 is 0 Å². The van der Waals surface area contributed by atoms with Crippen molar-refractivity contribution in [2.75, 3.05) is 31.6 Å². The SMILES string of the molecule is Cc1c(C(=O)Nc2cc(C(=O)N3CCOCC3)cn(C)c2=O)cccc1[N+](=O)[O-]. The molecule has 10 nitrogen and oxygen atoms in total. The molecule has 2 amide bonds. The summed E-state index contributed by atoms with van der Waals surface area (Å²) in [5.41, 5.74) is -0.261. The Hall–Kier alpha value is -3.53. The molecule has 152 valence electrons. The molecule has 1 fully saturated rings. The van der Waals surface area contributed by atoms with Crippen LogP contribution in [-0.4, -0.2) is 52.5 Å². The van der Waals surface area contributed by atoms with Gasteiger partial charge in [0.2, 0.25) is 0 Å². The van der Waals surface area contributed by atoms with Crippen LogP contribution >= 0.6 is 0 Å². The van der Waals surface area contributed by atoms with E-state index in [-0.39, 0.29) is 34.0 Å². The van der Waals surface area contributed by atoms with E-state index in [0.29, 0.717) is 26.3 Å². The van der Waals surface area contributed by atoms with Gasteiger partial charge in [0.05, 0.1) is 23.7 Å². The highest BCUT2D eigenvalue weighted by molar-refractivity contribution is 6.06. The summed E-state index contributed by atoms with van der Waals surface area (Å²) in [7, 11) is 1.48. The molecule has 2 aromatic rings. The van der Waals surface area contributed by atoms with Crippen LogP contribution in [0.4, 0.5) is 11.4 Å². The number of nitrogens with zero attached hydrogens (tertiary/aromatic N) is 3. The second-order valence-corrected chi connectivity index (χ2v) is 6.62. The highest BCUT2D eigenvalue weighted by atomic mass is 16.6. The molecule has 0 bridgehead atoms. The van der Waals surface area contributed by atoms with Crippen molar-refractivity contribution in [1.29, 1.82) is 0 Å². The minimum Gasteiger partial charge on any atom is -0.378 e. The molecule has 0 saturated carbocycles. The summed E-state index contributed by atoms with van der Waals surface area (Å²) in [5.74, 6) is -0.940. The molecule has 0 radical (unpaired) electrons. The van der Waals surface area contributed by atoms with Crippen molar-refractivity contribution >= 4 is 23.2 Å². The molecular formula is C19H20N4O6. The highest BCUT2D eigenvalue weighted by Gasteiger charge is 2.22. The summed E-state index contributed by atoms with van der Waals surface area (Å²) in [6.07, 6.45) is 1.41. The average Bonchev–Trinajstić information content (AvgIpc) is 2.71. The summed E-state index contributed by atoms with van der Waals surface area (Å²) in [4.78, 5) is 49.9. The Balaban J connectivity index is 1.91. The number of anilines is 1. The van der Waals surface area contributed by atoms with Gasteiger partial charge in [0, 0.05) is 43.5 Å². The number of hydrogen-bond acceptors (Lipinski definition) is 6. The second kappa shape index (κ2) is 8.23. The van der Waals surface area contributed by atoms with Crippen molar-refractivity contribution in [3.05, 3.63) is 67.6 Å². The van der Waals surface area contributed by atoms with Crippen molar-refractivity contribution in [3.8, 4) is 0 Å². The van der Waals surface area contributed by atoms with Crippen LogP contribution in [0.5, 0.6) is 0 Å². The van der Waals surface area contributed by atoms with Gasteiger partial charge >= 0.3 is 0 Å². The number of aromatic nitrogens is 1. The van der Waals surface area contributed by atoms with Gasteiger partial charge in [-0.1, -0.05) is 6.07 Å². The fraction of sp³-hybridized carbons (Fsp3) is 0.316. The Morgan fingerprint density at radius 2 is 1.93 bits per heavy atom. The lowest BCUT2D eigenvalue weighted by Crippen LogP contribution is -2.41. The maximum absolute atomic E-state index is 12.7. The zero-order chi connectivity index (χ0) is 21.1. The molecule has 0 spiro atoms. The molecule has 1 N–H and O–H groups in total. The monoisotopic (exact) mass is 400 g/mol. The van der Waals surface area contributed by atoms with Gasteiger partial charge in [-0.25, -0.2) is 0 Å². The lowest BCUT2D eigenvalue weighted by molar-refractivity contribution is -0.385. The van der Waals surface area contributed by atoms with Gasteiger partial charge in [-0.15, -0.1) is 0 Å². The van der Waals surface area contributed by atoms with Crippen LogP contribution in [0.2, 0.25) is 0 Å². The van der Waals surface area contributed by atoms with E-state index in [1.54, 1.807) is 4.90 Å². The van der Waals surface area contributed by atoms with E-state index in [9.17, 15) is 24.5 Å². The number of carbonyl (C=O) groups is 2. The number of nitrogens with one attached hydrogen (secondary N) is 1. The number of hydrogen-bond donors (Lipinski definition) is 1. The maximum atomic E-state index is 12.7. The Morgan fingerprint density at radius 3 is 2.59 bits per heavy atom. The zero-order valence-electron chi connectivity index (χ0n) is 16.0. The van der Waals surface area contributed by atoms with E-state index in [1.807, 2.05) is 0 Å². The van der Waals surface area contributed by atoms with Gasteiger partial charge in [0.15, 0.2) is 0 Å². The van der Waals surface area contributed by atoms with E-state index < -0.39 is 16.4 Å². The van der Waals surface area contributed by atoms with E-state index in [1.165, 1.54) is 49.0 Å². The fourth-order valence-electron chi connectivity index (χ4n) is 3.12. The topological polar surface area (TPSA) is 124 Å². The van der Waals surface area contributed by atoms with Crippen LogP contribution in [0.3, 0.4) is 0 Å². The Labute approximate surface area is 165 Å². The number of carbonyl (C=O) groups excluding carboxylic acids is 2. The molecule has 3 rings (SSSR count). The smallest absolute Gasteiger partial charge is 0.274 e. The minimum atomic E-state index is -0.667. The van der Waals surface area contributed by atoms with Gasteiger partial charge in [-0.2, -0.15) is 0 Å². The van der Waals surface area contributed by atoms with Crippen LogP contribution in [-0.2, 0) is 11.8 Å². The number of amides is 2. The van der Waals surface area contributed by atoms with Gasteiger partial charge in [-0.05, 0) is 19.1 Å². The van der Waals surface area contributed by atoms with Crippen LogP contribution in [0, 0.1) is 17.0 Å². The Bertz CT molecular complexity index is 1040. The molecule has 0 atom stereocenters. The largest absolute Gasteiger partial charge is 0.378 e.